The summed E-state index contributed by atoms with van der Waals surface area (Å²) in [6, 6.07) is 3.62. The number of rotatable bonds is 5. The third-order valence-corrected chi connectivity index (χ3v) is 2.20. The zero-order valence-corrected chi connectivity index (χ0v) is 10.6. The van der Waals surface area contributed by atoms with Crippen molar-refractivity contribution in [1.82, 2.24) is 0 Å². The number of furan rings is 1. The molecule has 0 saturated carbocycles. The first-order valence-corrected chi connectivity index (χ1v) is 5.76. The Morgan fingerprint density at radius 3 is 2.71 bits per heavy atom. The lowest BCUT2D eigenvalue weighted by Gasteiger charge is -2.21. The lowest BCUT2D eigenvalue weighted by molar-refractivity contribution is -0.156. The molecule has 0 aliphatic heterocycles. The van der Waals surface area contributed by atoms with Gasteiger partial charge in [0.25, 0.3) is 0 Å². The molecule has 0 spiro atoms. The van der Waals surface area contributed by atoms with Gasteiger partial charge in [-0.3, -0.25) is 4.79 Å². The Morgan fingerprint density at radius 1 is 1.53 bits per heavy atom. The number of esters is 1. The summed E-state index contributed by atoms with van der Waals surface area (Å²) in [5.74, 6) is 0.326. The van der Waals surface area contributed by atoms with Gasteiger partial charge in [0.15, 0.2) is 0 Å². The van der Waals surface area contributed by atoms with E-state index >= 15 is 0 Å². The fourth-order valence-electron chi connectivity index (χ4n) is 1.53. The number of aliphatic hydroxyl groups excluding tert-OH is 1. The molecule has 1 N–H and O–H groups in total. The smallest absolute Gasteiger partial charge is 0.306 e. The Kier molecular flexibility index (Phi) is 4.75. The Balaban J connectivity index is 2.44. The van der Waals surface area contributed by atoms with Gasteiger partial charge in [0.05, 0.1) is 12.7 Å². The predicted octanol–water partition coefficient (Wildman–Crippen LogP) is 2.16. The summed E-state index contributed by atoms with van der Waals surface area (Å²) in [5.41, 5.74) is -0.484. The minimum absolute atomic E-state index is 0.0556. The van der Waals surface area contributed by atoms with E-state index in [9.17, 15) is 9.90 Å². The highest BCUT2D eigenvalue weighted by molar-refractivity contribution is 5.70. The Morgan fingerprint density at radius 2 is 2.24 bits per heavy atom. The number of hydrogen-bond donors (Lipinski definition) is 1. The molecule has 0 bridgehead atoms. The van der Waals surface area contributed by atoms with Gasteiger partial charge >= 0.3 is 5.97 Å². The van der Waals surface area contributed by atoms with Gasteiger partial charge in [0.2, 0.25) is 0 Å². The van der Waals surface area contributed by atoms with Crippen LogP contribution in [0.5, 0.6) is 0 Å². The molecule has 0 aliphatic carbocycles. The molecular weight excluding hydrogens is 220 g/mol. The van der Waals surface area contributed by atoms with E-state index in [2.05, 4.69) is 0 Å². The van der Waals surface area contributed by atoms with Crippen LogP contribution in [0.15, 0.2) is 22.8 Å². The monoisotopic (exact) mass is 240 g/mol. The fraction of sp³-hybridized carbons (Fsp3) is 0.615. The first kappa shape index (κ1) is 13.8. The molecule has 4 nitrogen and oxygen atoms in total. The molecule has 0 aromatic carbocycles. The van der Waals surface area contributed by atoms with E-state index < -0.39 is 5.60 Å². The van der Waals surface area contributed by atoms with Gasteiger partial charge in [0, 0.05) is 13.0 Å². The average molecular weight is 240 g/mol. The molecule has 1 heterocycles. The van der Waals surface area contributed by atoms with Crippen LogP contribution in [0.2, 0.25) is 0 Å². The Hall–Kier alpha value is -1.29. The third kappa shape index (κ3) is 5.54. The van der Waals surface area contributed by atoms with Gasteiger partial charge < -0.3 is 14.3 Å². The molecule has 96 valence electrons. The molecule has 1 atom stereocenters. The van der Waals surface area contributed by atoms with Crippen LogP contribution in [-0.2, 0) is 16.0 Å². The van der Waals surface area contributed by atoms with Crippen molar-refractivity contribution in [2.45, 2.75) is 39.2 Å². The van der Waals surface area contributed by atoms with Gasteiger partial charge in [-0.1, -0.05) is 0 Å². The molecule has 0 fully saturated rings. The number of hydrogen-bond acceptors (Lipinski definition) is 4. The fourth-order valence-corrected chi connectivity index (χ4v) is 1.53. The number of ether oxygens (including phenoxy) is 1. The quantitative estimate of drug-likeness (QED) is 0.801. The predicted molar refractivity (Wildman–Crippen MR) is 63.4 cm³/mol. The molecule has 1 rings (SSSR count). The van der Waals surface area contributed by atoms with Crippen LogP contribution in [0.3, 0.4) is 0 Å². The summed E-state index contributed by atoms with van der Waals surface area (Å²) < 4.78 is 10.4. The van der Waals surface area contributed by atoms with Crippen LogP contribution in [0.1, 0.15) is 33.0 Å². The summed E-state index contributed by atoms with van der Waals surface area (Å²) in [6.07, 6.45) is 2.33. The highest BCUT2D eigenvalue weighted by atomic mass is 16.6. The SMILES string of the molecule is CC(C)(C)OC(=O)C[C@@H](CO)Cc1ccco1. The van der Waals surface area contributed by atoms with Crippen molar-refractivity contribution < 1.29 is 19.1 Å². The molecule has 1 aromatic heterocycles. The molecule has 4 heteroatoms. The lowest BCUT2D eigenvalue weighted by Crippen LogP contribution is -2.26. The number of aliphatic hydroxyl groups is 1. The number of carbonyl (C=O) groups excluding carboxylic acids is 1. The molecule has 0 unspecified atom stereocenters. The second-order valence-electron chi connectivity index (χ2n) is 5.12. The summed E-state index contributed by atoms with van der Waals surface area (Å²) >= 11 is 0. The zero-order chi connectivity index (χ0) is 12.9. The van der Waals surface area contributed by atoms with E-state index in [1.165, 1.54) is 0 Å². The molecule has 17 heavy (non-hydrogen) atoms. The number of carbonyl (C=O) groups is 1. The van der Waals surface area contributed by atoms with Crippen LogP contribution < -0.4 is 0 Å². The van der Waals surface area contributed by atoms with Crippen molar-refractivity contribution in [3.63, 3.8) is 0 Å². The first-order chi connectivity index (χ1) is 7.90. The second-order valence-corrected chi connectivity index (χ2v) is 5.12. The third-order valence-electron chi connectivity index (χ3n) is 2.20. The van der Waals surface area contributed by atoms with Crippen LogP contribution in [0, 0.1) is 5.92 Å². The van der Waals surface area contributed by atoms with Gasteiger partial charge in [-0.05, 0) is 38.8 Å². The highest BCUT2D eigenvalue weighted by Gasteiger charge is 2.20. The van der Waals surface area contributed by atoms with Crippen molar-refractivity contribution in [2.75, 3.05) is 6.61 Å². The normalized spacial score (nSPS) is 13.4. The summed E-state index contributed by atoms with van der Waals surface area (Å²) in [4.78, 5) is 11.6. The van der Waals surface area contributed by atoms with Gasteiger partial charge in [-0.2, -0.15) is 0 Å². The molecule has 0 amide bonds. The van der Waals surface area contributed by atoms with Crippen molar-refractivity contribution in [1.29, 1.82) is 0 Å². The van der Waals surface area contributed by atoms with Gasteiger partial charge in [-0.25, -0.2) is 0 Å². The second kappa shape index (κ2) is 5.87. The molecule has 0 radical (unpaired) electrons. The highest BCUT2D eigenvalue weighted by Crippen LogP contribution is 2.16. The van der Waals surface area contributed by atoms with Crippen molar-refractivity contribution >= 4 is 5.97 Å². The minimum Gasteiger partial charge on any atom is -0.469 e. The van der Waals surface area contributed by atoms with Crippen LogP contribution in [0.4, 0.5) is 0 Å². The molecule has 0 aliphatic rings. The Bertz CT molecular complexity index is 335. The topological polar surface area (TPSA) is 59.7 Å². The van der Waals surface area contributed by atoms with Crippen LogP contribution in [-0.4, -0.2) is 23.3 Å². The molecular formula is C13H20O4. The van der Waals surface area contributed by atoms with E-state index in [0.29, 0.717) is 6.42 Å². The standard InChI is InChI=1S/C13H20O4/c1-13(2,3)17-12(15)8-10(9-14)7-11-5-4-6-16-11/h4-6,10,14H,7-9H2,1-3H3/t10-/m0/s1. The largest absolute Gasteiger partial charge is 0.469 e. The summed E-state index contributed by atoms with van der Waals surface area (Å²) in [5, 5.41) is 9.22. The van der Waals surface area contributed by atoms with E-state index in [1.54, 1.807) is 12.3 Å². The van der Waals surface area contributed by atoms with E-state index in [0.717, 1.165) is 5.76 Å². The van der Waals surface area contributed by atoms with E-state index in [-0.39, 0.29) is 24.9 Å². The van der Waals surface area contributed by atoms with E-state index in [1.807, 2.05) is 26.8 Å². The van der Waals surface area contributed by atoms with E-state index in [4.69, 9.17) is 9.15 Å². The first-order valence-electron chi connectivity index (χ1n) is 5.76. The van der Waals surface area contributed by atoms with Gasteiger partial charge in [-0.15, -0.1) is 0 Å². The maximum absolute atomic E-state index is 11.6. The minimum atomic E-state index is -0.484. The van der Waals surface area contributed by atoms with Crippen LogP contribution >= 0.6 is 0 Å². The maximum Gasteiger partial charge on any atom is 0.306 e. The lowest BCUT2D eigenvalue weighted by atomic mass is 10.0. The maximum atomic E-state index is 11.6. The van der Waals surface area contributed by atoms with Crippen molar-refractivity contribution in [2.24, 2.45) is 5.92 Å². The molecule has 1 aromatic rings. The zero-order valence-electron chi connectivity index (χ0n) is 10.6. The molecule has 0 saturated heterocycles. The van der Waals surface area contributed by atoms with Crippen molar-refractivity contribution in [3.05, 3.63) is 24.2 Å². The van der Waals surface area contributed by atoms with Gasteiger partial charge in [0.1, 0.15) is 11.4 Å². The average Bonchev–Trinajstić information content (AvgIpc) is 2.66. The summed E-state index contributed by atoms with van der Waals surface area (Å²) in [6.45, 7) is 5.42. The van der Waals surface area contributed by atoms with Crippen LogP contribution in [0.25, 0.3) is 0 Å². The Labute approximate surface area is 102 Å². The van der Waals surface area contributed by atoms with Crippen molar-refractivity contribution in [3.8, 4) is 0 Å². The summed E-state index contributed by atoms with van der Waals surface area (Å²) in [7, 11) is 0.